The molecule has 17 aromatic rings. The molecule has 1 aliphatic heterocycles. The average molecular weight is 1730 g/mol. The van der Waals surface area contributed by atoms with Crippen LogP contribution in [0.2, 0.25) is 0 Å². The Morgan fingerprint density at radius 3 is 0.969 bits per heavy atom. The molecule has 9 aromatic carbocycles. The summed E-state index contributed by atoms with van der Waals surface area (Å²) in [7, 11) is 0. The zero-order valence-electron chi connectivity index (χ0n) is 71.8. The largest absolute Gasteiger partial charge is 0.486 e. The smallest absolute Gasteiger partial charge is 0.200 e. The fourth-order valence-electron chi connectivity index (χ4n) is 14.4. The van der Waals surface area contributed by atoms with Crippen LogP contribution in [-0.4, -0.2) is 127 Å². The zero-order chi connectivity index (χ0) is 91.3. The van der Waals surface area contributed by atoms with Crippen molar-refractivity contribution in [1.29, 1.82) is 0 Å². The Morgan fingerprint density at radius 1 is 0.262 bits per heavy atom. The molecule has 0 fully saturated rings. The number of para-hydroxylation sites is 1. The number of aryl methyl sites for hydroxylation is 3. The summed E-state index contributed by atoms with van der Waals surface area (Å²) < 4.78 is 11.0. The van der Waals surface area contributed by atoms with E-state index in [-0.39, 0.29) is 152 Å². The van der Waals surface area contributed by atoms with E-state index in [0.717, 1.165) is 71.2 Å². The molecular formula is C107H93N9O14. The number of Topliss-reactive ketones (excluding diaryl/α,β-unsaturated/α-hetero) is 12. The maximum atomic E-state index is 12.3. The molecule has 0 amide bonds. The van der Waals surface area contributed by atoms with E-state index < -0.39 is 0 Å². The van der Waals surface area contributed by atoms with Gasteiger partial charge in [0.05, 0.1) is 5.56 Å². The predicted octanol–water partition coefficient (Wildman–Crippen LogP) is 21.9. The normalized spacial score (nSPS) is 11.1. The summed E-state index contributed by atoms with van der Waals surface area (Å²) in [4.78, 5) is 177. The van der Waals surface area contributed by atoms with Crippen LogP contribution in [0.15, 0.2) is 311 Å². The molecule has 0 saturated carbocycles. The molecule has 0 radical (unpaired) electrons. The number of aromatic nitrogens is 9. The molecule has 0 aliphatic carbocycles. The van der Waals surface area contributed by atoms with Gasteiger partial charge in [-0.15, -0.1) is 0 Å². The number of aromatic amines is 5. The van der Waals surface area contributed by atoms with Gasteiger partial charge in [-0.25, -0.2) is 9.97 Å². The number of carbonyl (C=O) groups excluding carboxylic acids is 12. The van der Waals surface area contributed by atoms with Crippen LogP contribution >= 0.6 is 0 Å². The van der Waals surface area contributed by atoms with Gasteiger partial charge in [0.1, 0.15) is 13.2 Å². The van der Waals surface area contributed by atoms with Gasteiger partial charge in [0.2, 0.25) is 0 Å². The summed E-state index contributed by atoms with van der Waals surface area (Å²) in [5.74, 6) is 0.712. The highest BCUT2D eigenvalue weighted by molar-refractivity contribution is 6.09. The minimum absolute atomic E-state index is 0.00330. The molecular weight excluding hydrogens is 1640 g/mol. The number of benzene rings is 9. The zero-order valence-corrected chi connectivity index (χ0v) is 71.8. The third-order valence-electron chi connectivity index (χ3n) is 21.7. The number of hydrogen-bond donors (Lipinski definition) is 5. The van der Waals surface area contributed by atoms with Crippen LogP contribution < -0.4 is 9.47 Å². The lowest BCUT2D eigenvalue weighted by molar-refractivity contribution is 0.0911. The first-order valence-electron chi connectivity index (χ1n) is 42.5. The monoisotopic (exact) mass is 1730 g/mol. The van der Waals surface area contributed by atoms with Crippen molar-refractivity contribution < 1.29 is 67.0 Å². The molecule has 1 aliphatic rings. The molecule has 0 unspecified atom stereocenters. The molecule has 0 saturated heterocycles. The van der Waals surface area contributed by atoms with Crippen LogP contribution in [-0.2, 0) is 0 Å². The van der Waals surface area contributed by atoms with Gasteiger partial charge in [0.25, 0.3) is 0 Å². The summed E-state index contributed by atoms with van der Waals surface area (Å²) in [6.45, 7) is 6.74. The topological polar surface area (TPSA) is 354 Å². The summed E-state index contributed by atoms with van der Waals surface area (Å²) in [5, 5.41) is 5.01. The third-order valence-corrected chi connectivity index (χ3v) is 21.7. The van der Waals surface area contributed by atoms with Crippen molar-refractivity contribution in [2.24, 2.45) is 0 Å². The van der Waals surface area contributed by atoms with Crippen molar-refractivity contribution in [3.63, 3.8) is 0 Å². The van der Waals surface area contributed by atoms with Crippen molar-refractivity contribution in [3.05, 3.63) is 395 Å². The van der Waals surface area contributed by atoms with E-state index in [2.05, 4.69) is 44.9 Å². The number of ketones is 12. The van der Waals surface area contributed by atoms with Gasteiger partial charge in [0, 0.05) is 255 Å². The Morgan fingerprint density at radius 2 is 0.585 bits per heavy atom. The molecule has 18 rings (SSSR count). The Kier molecular flexibility index (Phi) is 31.7. The van der Waals surface area contributed by atoms with E-state index in [9.17, 15) is 57.5 Å². The van der Waals surface area contributed by atoms with Gasteiger partial charge in [-0.05, 0) is 196 Å². The Labute approximate surface area is 748 Å². The van der Waals surface area contributed by atoms with E-state index in [4.69, 9.17) is 9.47 Å². The van der Waals surface area contributed by atoms with E-state index >= 15 is 0 Å². The quantitative estimate of drug-likeness (QED) is 0.0261. The van der Waals surface area contributed by atoms with Gasteiger partial charge in [-0.2, -0.15) is 0 Å². The van der Waals surface area contributed by atoms with Gasteiger partial charge in [0.15, 0.2) is 86.7 Å². The van der Waals surface area contributed by atoms with Crippen molar-refractivity contribution in [1.82, 2.24) is 44.9 Å². The van der Waals surface area contributed by atoms with E-state index in [1.165, 1.54) is 24.8 Å². The van der Waals surface area contributed by atoms with Gasteiger partial charge in [-0.3, -0.25) is 67.5 Å². The maximum absolute atomic E-state index is 12.3. The average Bonchev–Trinajstić information content (AvgIpc) is 1.70. The summed E-state index contributed by atoms with van der Waals surface area (Å²) >= 11 is 0. The Hall–Kier alpha value is -16.3. The number of pyridine rings is 2. The van der Waals surface area contributed by atoms with Crippen molar-refractivity contribution in [3.8, 4) is 11.5 Å². The summed E-state index contributed by atoms with van der Waals surface area (Å²) in [6.07, 6.45) is 20.9. The van der Waals surface area contributed by atoms with E-state index in [1.807, 2.05) is 209 Å². The highest BCUT2D eigenvalue weighted by atomic mass is 16.6. The number of fused-ring (bicyclic) bond motifs is 6. The van der Waals surface area contributed by atoms with Crippen LogP contribution in [0.5, 0.6) is 11.5 Å². The number of nitrogens with one attached hydrogen (secondary N) is 5. The number of rotatable bonds is 30. The molecule has 650 valence electrons. The van der Waals surface area contributed by atoms with E-state index in [0.29, 0.717) is 85.9 Å². The fraction of sp³-hybridized carbons (Fsp3) is 0.159. The first-order chi connectivity index (χ1) is 63.1. The number of nitrogens with zero attached hydrogens (tertiary/aromatic N) is 4. The van der Waals surface area contributed by atoms with Crippen LogP contribution in [0.25, 0.3) is 54.5 Å². The number of hydrogen-bond acceptors (Lipinski definition) is 18. The maximum Gasteiger partial charge on any atom is 0.200 e. The van der Waals surface area contributed by atoms with E-state index in [1.54, 1.807) is 97.3 Å². The second-order valence-electron chi connectivity index (χ2n) is 30.9. The molecule has 8 aromatic heterocycles. The van der Waals surface area contributed by atoms with Crippen LogP contribution in [0.4, 0.5) is 0 Å². The number of H-pyrrole nitrogens is 5. The SMILES string of the molecule is Cc1ccc(C(=O)CCC(=O)c2ccc3[nH]ccc3c2)cc1.Cc1cccc(C(=O)CCC(=O)c2ccc3[nH]ccc3c2)c1.Cc1ccccc1C(=O)CCC(=O)c1ccc2[nH]ccc2c1.O=C(CCC(=O)c1ccc2[nH]ccc2c1)c1cccnc1.O=C(CCC(=O)c1cccc2c1OCCO2)c1cccnc1.O=C(CCC(=O)c1ncccn1)c1ccc2[nH]ccc2c1. The molecule has 23 nitrogen and oxygen atoms in total. The minimum Gasteiger partial charge on any atom is -0.486 e. The highest BCUT2D eigenvalue weighted by Gasteiger charge is 2.23. The molecule has 9 heterocycles. The van der Waals surface area contributed by atoms with Crippen LogP contribution in [0.1, 0.15) is 218 Å². The van der Waals surface area contributed by atoms with Crippen LogP contribution in [0, 0.1) is 20.8 Å². The second kappa shape index (κ2) is 45.0. The van der Waals surface area contributed by atoms with Crippen molar-refractivity contribution >= 4 is 124 Å². The molecule has 23 heteroatoms. The lowest BCUT2D eigenvalue weighted by atomic mass is 9.98. The Balaban J connectivity index is 0.000000133. The molecule has 0 bridgehead atoms. The fourth-order valence-corrected chi connectivity index (χ4v) is 14.4. The summed E-state index contributed by atoms with van der Waals surface area (Å²) in [5.41, 5.74) is 14.9. The second-order valence-corrected chi connectivity index (χ2v) is 30.9. The van der Waals surface area contributed by atoms with Crippen LogP contribution in [0.3, 0.4) is 0 Å². The van der Waals surface area contributed by atoms with Gasteiger partial charge in [-0.1, -0.05) is 83.9 Å². The lowest BCUT2D eigenvalue weighted by Crippen LogP contribution is -2.18. The summed E-state index contributed by atoms with van der Waals surface area (Å²) in [6, 6.07) is 73.4. The van der Waals surface area contributed by atoms with Crippen molar-refractivity contribution in [2.75, 3.05) is 13.2 Å². The predicted molar refractivity (Wildman–Crippen MR) is 500 cm³/mol. The lowest BCUT2D eigenvalue weighted by Gasteiger charge is -2.20. The highest BCUT2D eigenvalue weighted by Crippen LogP contribution is 2.35. The number of ether oxygens (including phenoxy) is 2. The Bertz CT molecular complexity index is 6800. The molecule has 0 atom stereocenters. The van der Waals surface area contributed by atoms with Gasteiger partial charge < -0.3 is 34.4 Å². The van der Waals surface area contributed by atoms with Gasteiger partial charge >= 0.3 is 0 Å². The van der Waals surface area contributed by atoms with Crippen molar-refractivity contribution in [2.45, 2.75) is 97.8 Å². The molecule has 130 heavy (non-hydrogen) atoms. The first kappa shape index (κ1) is 91.4. The number of carbonyl (C=O) groups is 12. The first-order valence-corrected chi connectivity index (χ1v) is 42.5. The third kappa shape index (κ3) is 25.3. The molecule has 5 N–H and O–H groups in total. The molecule has 0 spiro atoms. The standard InChI is InChI=1S/3C19H17NO2.C17H14N2O2.C17H15NO4.C16H13N3O2/c1-13-2-4-14(5-3-13)18(21)8-9-19(22)16-6-7-17-15(12-16)10-11-20-17;1-13-3-2-4-15(11-13)18(21)7-8-19(22)16-5-6-17-14(12-16)9-10-20-17;1-13-4-2-3-5-16(13)19(22)9-8-18(21)15-6-7-17-14(12-15)10-11-20-17;20-16(5-6-17(21)14-2-1-8-18-11-14)13-3-4-15-12(10-13)7-9-19-15;19-14(12-3-2-8-18-11-12)6-7-15(20)13-4-1-5-16-17(13)22-10-9-21-16;20-14(4-5-15(21)16-18-7-1-8-19-16)12-2-3-13-11(10-12)6-9-17-13/h2-7,10-12,20H,8-9H2,1H3;2-6,9-12,20H,7-8H2,1H3;2-7,10-12,20H,8-9H2,1H3;1-4,7-11,19H,5-6H2;1-5,8,11H,6-7,9-10H2;1-3,6-10,17H,4-5H2. The minimum atomic E-state index is -0.216.